The molecular weight excluding hydrogens is 387 g/mol. The number of hydrogen-bond donors (Lipinski definition) is 2. The third-order valence-electron chi connectivity index (χ3n) is 5.16. The number of likely N-dealkylation sites (tertiary alicyclic amines) is 1. The van der Waals surface area contributed by atoms with E-state index in [9.17, 15) is 18.8 Å². The van der Waals surface area contributed by atoms with Crippen LogP contribution in [0.4, 0.5) is 4.39 Å². The van der Waals surface area contributed by atoms with E-state index < -0.39 is 11.9 Å². The van der Waals surface area contributed by atoms with Gasteiger partial charge in [-0.25, -0.2) is 4.39 Å². The van der Waals surface area contributed by atoms with Crippen molar-refractivity contribution < 1.29 is 18.8 Å². The van der Waals surface area contributed by atoms with Gasteiger partial charge in [0.15, 0.2) is 0 Å². The number of nitrogens with zero attached hydrogens (tertiary/aromatic N) is 2. The molecule has 0 bridgehead atoms. The molecular formula is C22H33FN4O3. The van der Waals surface area contributed by atoms with Crippen LogP contribution in [0.25, 0.3) is 0 Å². The number of carbonyl (C=O) groups is 3. The minimum Gasteiger partial charge on any atom is -0.353 e. The molecule has 0 aliphatic carbocycles. The van der Waals surface area contributed by atoms with Gasteiger partial charge >= 0.3 is 0 Å². The molecule has 1 aliphatic rings. The van der Waals surface area contributed by atoms with Crippen LogP contribution in [0.2, 0.25) is 0 Å². The Balaban J connectivity index is 2.32. The maximum atomic E-state index is 13.3. The van der Waals surface area contributed by atoms with E-state index in [0.717, 1.165) is 0 Å². The highest BCUT2D eigenvalue weighted by atomic mass is 19.1. The summed E-state index contributed by atoms with van der Waals surface area (Å²) in [5, 5.41) is 2.75. The molecule has 0 radical (unpaired) electrons. The van der Waals surface area contributed by atoms with Crippen LogP contribution in [0.5, 0.6) is 0 Å². The summed E-state index contributed by atoms with van der Waals surface area (Å²) in [6.07, 6.45) is 0.356. The standard InChI is InChI=1S/C22H33FN4O3/c1-14(2)12-26(21(29)15(3)4)18-11-19(20(28)25-10-9-24)27(13-18)22(30)16-5-7-17(23)8-6-16/h5-8,14-15,18-19H,9-13,24H2,1-4H3,(H,25,28). The van der Waals surface area contributed by atoms with Crippen molar-refractivity contribution in [2.75, 3.05) is 26.2 Å². The fraction of sp³-hybridized carbons (Fsp3) is 0.591. The van der Waals surface area contributed by atoms with Gasteiger partial charge in [0.25, 0.3) is 5.91 Å². The maximum absolute atomic E-state index is 13.3. The number of halogens is 1. The number of nitrogens with two attached hydrogens (primary N) is 1. The average molecular weight is 421 g/mol. The van der Waals surface area contributed by atoms with E-state index in [4.69, 9.17) is 5.73 Å². The lowest BCUT2D eigenvalue weighted by Gasteiger charge is -2.32. The second-order valence-electron chi connectivity index (χ2n) is 8.49. The molecule has 7 nitrogen and oxygen atoms in total. The molecule has 1 aromatic carbocycles. The smallest absolute Gasteiger partial charge is 0.254 e. The van der Waals surface area contributed by atoms with E-state index >= 15 is 0 Å². The van der Waals surface area contributed by atoms with Gasteiger partial charge in [-0.1, -0.05) is 27.7 Å². The second kappa shape index (κ2) is 10.5. The third-order valence-corrected chi connectivity index (χ3v) is 5.16. The quantitative estimate of drug-likeness (QED) is 0.668. The molecule has 0 spiro atoms. The molecule has 3 N–H and O–H groups in total. The van der Waals surface area contributed by atoms with E-state index in [0.29, 0.717) is 31.6 Å². The Morgan fingerprint density at radius 3 is 2.37 bits per heavy atom. The first-order valence-corrected chi connectivity index (χ1v) is 10.5. The first-order valence-electron chi connectivity index (χ1n) is 10.5. The molecule has 2 unspecified atom stereocenters. The fourth-order valence-electron chi connectivity index (χ4n) is 3.73. The largest absolute Gasteiger partial charge is 0.353 e. The van der Waals surface area contributed by atoms with Crippen molar-refractivity contribution in [1.29, 1.82) is 0 Å². The highest BCUT2D eigenvalue weighted by Gasteiger charge is 2.43. The molecule has 166 valence electrons. The predicted molar refractivity (Wildman–Crippen MR) is 113 cm³/mol. The molecule has 2 atom stereocenters. The summed E-state index contributed by atoms with van der Waals surface area (Å²) in [6, 6.07) is 4.28. The van der Waals surface area contributed by atoms with Gasteiger partial charge in [0, 0.05) is 37.7 Å². The van der Waals surface area contributed by atoms with Crippen molar-refractivity contribution in [2.24, 2.45) is 17.6 Å². The van der Waals surface area contributed by atoms with Crippen LogP contribution in [-0.4, -0.2) is 65.8 Å². The molecule has 0 saturated carbocycles. The van der Waals surface area contributed by atoms with Crippen molar-refractivity contribution in [1.82, 2.24) is 15.1 Å². The molecule has 8 heteroatoms. The van der Waals surface area contributed by atoms with Gasteiger partial charge in [-0.15, -0.1) is 0 Å². The molecule has 0 aromatic heterocycles. The lowest BCUT2D eigenvalue weighted by Crippen LogP contribution is -2.47. The Kier molecular flexibility index (Phi) is 8.34. The number of amides is 3. The number of nitrogens with one attached hydrogen (secondary N) is 1. The van der Waals surface area contributed by atoms with Crippen LogP contribution in [0, 0.1) is 17.7 Å². The van der Waals surface area contributed by atoms with Crippen LogP contribution in [-0.2, 0) is 9.59 Å². The molecule has 1 aliphatic heterocycles. The number of benzene rings is 1. The van der Waals surface area contributed by atoms with Gasteiger partial charge in [-0.3, -0.25) is 14.4 Å². The molecule has 2 rings (SSSR count). The highest BCUT2D eigenvalue weighted by molar-refractivity contribution is 5.98. The molecule has 1 heterocycles. The Hall–Kier alpha value is -2.48. The zero-order chi connectivity index (χ0) is 22.4. The zero-order valence-corrected chi connectivity index (χ0v) is 18.2. The molecule has 3 amide bonds. The van der Waals surface area contributed by atoms with Crippen LogP contribution < -0.4 is 11.1 Å². The van der Waals surface area contributed by atoms with E-state index in [1.54, 1.807) is 4.90 Å². The van der Waals surface area contributed by atoms with E-state index in [-0.39, 0.29) is 42.1 Å². The highest BCUT2D eigenvalue weighted by Crippen LogP contribution is 2.26. The fourth-order valence-corrected chi connectivity index (χ4v) is 3.73. The Morgan fingerprint density at radius 2 is 1.83 bits per heavy atom. The maximum Gasteiger partial charge on any atom is 0.254 e. The molecule has 1 aromatic rings. The first-order chi connectivity index (χ1) is 14.1. The van der Waals surface area contributed by atoms with E-state index in [2.05, 4.69) is 5.32 Å². The number of rotatable bonds is 8. The lowest BCUT2D eigenvalue weighted by atomic mass is 10.0. The predicted octanol–water partition coefficient (Wildman–Crippen LogP) is 1.62. The summed E-state index contributed by atoms with van der Waals surface area (Å²) in [5.41, 5.74) is 5.80. The minimum atomic E-state index is -0.714. The van der Waals surface area contributed by atoms with Gasteiger partial charge in [-0.2, -0.15) is 0 Å². The summed E-state index contributed by atoms with van der Waals surface area (Å²) >= 11 is 0. The Labute approximate surface area is 177 Å². The van der Waals surface area contributed by atoms with Crippen molar-refractivity contribution in [3.63, 3.8) is 0 Å². The van der Waals surface area contributed by atoms with Crippen LogP contribution in [0.1, 0.15) is 44.5 Å². The summed E-state index contributed by atoms with van der Waals surface area (Å²) in [4.78, 5) is 42.1. The summed E-state index contributed by atoms with van der Waals surface area (Å²) < 4.78 is 13.3. The van der Waals surface area contributed by atoms with Crippen molar-refractivity contribution in [3.8, 4) is 0 Å². The third kappa shape index (κ3) is 5.78. The SMILES string of the molecule is CC(C)CN(C(=O)C(C)C)C1CC(C(=O)NCCN)N(C(=O)c2ccc(F)cc2)C1. The van der Waals surface area contributed by atoms with Crippen LogP contribution >= 0.6 is 0 Å². The summed E-state index contributed by atoms with van der Waals surface area (Å²) in [5.74, 6) is -1.01. The van der Waals surface area contributed by atoms with Crippen molar-refractivity contribution in [3.05, 3.63) is 35.6 Å². The molecule has 30 heavy (non-hydrogen) atoms. The number of carbonyl (C=O) groups excluding carboxylic acids is 3. The molecule has 1 fully saturated rings. The summed E-state index contributed by atoms with van der Waals surface area (Å²) in [6.45, 7) is 9.15. The first kappa shape index (κ1) is 23.8. The van der Waals surface area contributed by atoms with Crippen molar-refractivity contribution in [2.45, 2.75) is 46.2 Å². The lowest BCUT2D eigenvalue weighted by molar-refractivity contribution is -0.137. The van der Waals surface area contributed by atoms with Crippen LogP contribution in [0.3, 0.4) is 0 Å². The Morgan fingerprint density at radius 1 is 1.20 bits per heavy atom. The topological polar surface area (TPSA) is 95.7 Å². The van der Waals surface area contributed by atoms with Gasteiger partial charge in [0.05, 0.1) is 6.04 Å². The second-order valence-corrected chi connectivity index (χ2v) is 8.49. The Bertz CT molecular complexity index is 751. The van der Waals surface area contributed by atoms with Gasteiger partial charge in [0.2, 0.25) is 11.8 Å². The summed E-state index contributed by atoms with van der Waals surface area (Å²) in [7, 11) is 0. The number of hydrogen-bond acceptors (Lipinski definition) is 4. The van der Waals surface area contributed by atoms with Gasteiger partial charge < -0.3 is 20.9 Å². The minimum absolute atomic E-state index is 0.00546. The zero-order valence-electron chi connectivity index (χ0n) is 18.2. The van der Waals surface area contributed by atoms with Crippen LogP contribution in [0.15, 0.2) is 24.3 Å². The van der Waals surface area contributed by atoms with Gasteiger partial charge in [-0.05, 0) is 36.6 Å². The average Bonchev–Trinajstić information content (AvgIpc) is 3.14. The monoisotopic (exact) mass is 420 g/mol. The van der Waals surface area contributed by atoms with Crippen molar-refractivity contribution >= 4 is 17.7 Å². The normalized spacial score (nSPS) is 18.7. The van der Waals surface area contributed by atoms with Gasteiger partial charge in [0.1, 0.15) is 11.9 Å². The van der Waals surface area contributed by atoms with E-state index in [1.165, 1.54) is 29.2 Å². The molecule has 1 saturated heterocycles. The van der Waals surface area contributed by atoms with E-state index in [1.807, 2.05) is 27.7 Å².